The molecule has 0 atom stereocenters. The predicted molar refractivity (Wildman–Crippen MR) is 92.1 cm³/mol. The maximum Gasteiger partial charge on any atom is 0.486 e. The Balaban J connectivity index is 2.00. The molecule has 1 fully saturated rings. The van der Waals surface area contributed by atoms with Crippen LogP contribution in [0.1, 0.15) is 34.1 Å². The van der Waals surface area contributed by atoms with Gasteiger partial charge in [0.2, 0.25) is 0 Å². The highest BCUT2D eigenvalue weighted by Gasteiger charge is 2.49. The van der Waals surface area contributed by atoms with E-state index in [9.17, 15) is 4.79 Å². The summed E-state index contributed by atoms with van der Waals surface area (Å²) in [5, 5.41) is 8.68. The van der Waals surface area contributed by atoms with Gasteiger partial charge in [-0.25, -0.2) is 4.79 Å². The number of ether oxygens (including phenoxy) is 2. The number of hydrogen-bond donors (Lipinski definition) is 1. The van der Waals surface area contributed by atoms with Crippen molar-refractivity contribution in [3.05, 3.63) is 12.1 Å². The molecule has 1 rings (SSSR count). The summed E-state index contributed by atoms with van der Waals surface area (Å²) in [6.45, 7) is 10.5. The van der Waals surface area contributed by atoms with Gasteiger partial charge in [0.15, 0.2) is 0 Å². The van der Waals surface area contributed by atoms with E-state index in [1.54, 1.807) is 0 Å². The van der Waals surface area contributed by atoms with E-state index in [2.05, 4.69) is 0 Å². The molecule has 1 N–H and O–H groups in total. The van der Waals surface area contributed by atoms with Crippen LogP contribution in [0.4, 0.5) is 4.79 Å². The summed E-state index contributed by atoms with van der Waals surface area (Å²) < 4.78 is 22.5. The first-order valence-corrected chi connectivity index (χ1v) is 8.27. The van der Waals surface area contributed by atoms with Gasteiger partial charge in [0.1, 0.15) is 0 Å². The number of carbonyl (C=O) groups is 1. The molecule has 0 spiro atoms. The lowest BCUT2D eigenvalue weighted by Gasteiger charge is -2.32. The molecule has 0 saturated carbocycles. The molecule has 0 aromatic heterocycles. The van der Waals surface area contributed by atoms with Gasteiger partial charge in [-0.15, -0.1) is 0 Å². The average molecular weight is 343 g/mol. The van der Waals surface area contributed by atoms with Crippen molar-refractivity contribution in [3.8, 4) is 0 Å². The monoisotopic (exact) mass is 343 g/mol. The first kappa shape index (κ1) is 21.0. The van der Waals surface area contributed by atoms with E-state index in [0.29, 0.717) is 39.4 Å². The minimum absolute atomic E-state index is 0.328. The van der Waals surface area contributed by atoms with Crippen molar-refractivity contribution in [2.24, 2.45) is 0 Å². The second-order valence-corrected chi connectivity index (χ2v) is 6.80. The molecule has 0 radical (unpaired) electrons. The van der Waals surface area contributed by atoms with Gasteiger partial charge in [0, 0.05) is 20.2 Å². The molecule has 1 amide bonds. The van der Waals surface area contributed by atoms with Crippen molar-refractivity contribution in [2.75, 3.05) is 40.0 Å². The maximum atomic E-state index is 10.6. The molecule has 0 bridgehead atoms. The first-order valence-electron chi connectivity index (χ1n) is 8.27. The van der Waals surface area contributed by atoms with Crippen molar-refractivity contribution in [1.82, 2.24) is 4.90 Å². The summed E-state index contributed by atoms with van der Waals surface area (Å²) in [6.07, 6.45) is 1.63. The van der Waals surface area contributed by atoms with Crippen LogP contribution in [0.2, 0.25) is 0 Å². The molecular formula is C16H30BNO6. The molecule has 8 heteroatoms. The van der Waals surface area contributed by atoms with Crippen LogP contribution >= 0.6 is 0 Å². The second-order valence-electron chi connectivity index (χ2n) is 6.80. The lowest BCUT2D eigenvalue weighted by Crippen LogP contribution is -2.41. The highest BCUT2D eigenvalue weighted by atomic mass is 16.7. The van der Waals surface area contributed by atoms with Crippen LogP contribution in [0.15, 0.2) is 12.1 Å². The van der Waals surface area contributed by atoms with Crippen molar-refractivity contribution in [3.63, 3.8) is 0 Å². The first-order chi connectivity index (χ1) is 11.2. The van der Waals surface area contributed by atoms with E-state index in [0.717, 1.165) is 0 Å². The van der Waals surface area contributed by atoms with E-state index in [1.165, 1.54) is 11.9 Å². The standard InChI is InChI=1S/C16H30BNO6/c1-15(2)16(3,4)24-17(23-15)8-6-10-21-12-13-22-11-7-9-18(5)14(19)20/h6,8H,7,9-13H2,1-5H3,(H,19,20)/b8-6+. The molecule has 0 aliphatic carbocycles. The molecule has 1 heterocycles. The van der Waals surface area contributed by atoms with Gasteiger partial charge >= 0.3 is 13.2 Å². The topological polar surface area (TPSA) is 77.5 Å². The molecule has 7 nitrogen and oxygen atoms in total. The molecule has 1 saturated heterocycles. The van der Waals surface area contributed by atoms with Crippen molar-refractivity contribution in [1.29, 1.82) is 0 Å². The molecule has 24 heavy (non-hydrogen) atoms. The van der Waals surface area contributed by atoms with Gasteiger partial charge in [-0.1, -0.05) is 12.1 Å². The summed E-state index contributed by atoms with van der Waals surface area (Å²) in [7, 11) is 1.19. The van der Waals surface area contributed by atoms with Crippen molar-refractivity contribution >= 4 is 13.2 Å². The Hall–Kier alpha value is -1.09. The van der Waals surface area contributed by atoms with Gasteiger partial charge in [-0.3, -0.25) is 0 Å². The fourth-order valence-corrected chi connectivity index (χ4v) is 2.00. The summed E-state index contributed by atoms with van der Waals surface area (Å²) in [4.78, 5) is 11.8. The summed E-state index contributed by atoms with van der Waals surface area (Å²) in [6, 6.07) is 0. The Labute approximate surface area is 145 Å². The summed E-state index contributed by atoms with van der Waals surface area (Å²) in [5.41, 5.74) is -0.656. The fourth-order valence-electron chi connectivity index (χ4n) is 2.00. The molecule has 0 aromatic rings. The van der Waals surface area contributed by atoms with Crippen LogP contribution in [-0.4, -0.2) is 74.4 Å². The van der Waals surface area contributed by atoms with E-state index in [1.807, 2.05) is 39.7 Å². The zero-order valence-corrected chi connectivity index (χ0v) is 15.4. The quantitative estimate of drug-likeness (QED) is 0.484. The van der Waals surface area contributed by atoms with Gasteiger partial charge < -0.3 is 28.8 Å². The van der Waals surface area contributed by atoms with Crippen LogP contribution in [0.3, 0.4) is 0 Å². The van der Waals surface area contributed by atoms with E-state index >= 15 is 0 Å². The minimum atomic E-state index is -0.924. The maximum absolute atomic E-state index is 10.6. The second kappa shape index (κ2) is 9.41. The predicted octanol–water partition coefficient (Wildman–Crippen LogP) is 2.21. The summed E-state index contributed by atoms with van der Waals surface area (Å²) in [5.74, 6) is 1.86. The molecule has 0 unspecified atom stereocenters. The Kier molecular flexibility index (Phi) is 8.22. The highest BCUT2D eigenvalue weighted by Crippen LogP contribution is 2.36. The van der Waals surface area contributed by atoms with Gasteiger partial charge in [-0.2, -0.15) is 0 Å². The zero-order chi connectivity index (χ0) is 18.2. The number of nitrogens with zero attached hydrogens (tertiary/aromatic N) is 1. The van der Waals surface area contributed by atoms with Crippen molar-refractivity contribution < 1.29 is 28.7 Å². The average Bonchev–Trinajstić information content (AvgIpc) is 2.68. The molecular weight excluding hydrogens is 313 g/mol. The lowest BCUT2D eigenvalue weighted by molar-refractivity contribution is 0.00578. The smallest absolute Gasteiger partial charge is 0.465 e. The van der Waals surface area contributed by atoms with E-state index in [4.69, 9.17) is 23.9 Å². The minimum Gasteiger partial charge on any atom is -0.465 e. The fraction of sp³-hybridized carbons (Fsp3) is 0.812. The number of rotatable bonds is 10. The molecule has 138 valence electrons. The van der Waals surface area contributed by atoms with Crippen LogP contribution in [-0.2, 0) is 18.8 Å². The Bertz CT molecular complexity index is 411. The summed E-state index contributed by atoms with van der Waals surface area (Å²) >= 11 is 0. The third kappa shape index (κ3) is 6.80. The largest absolute Gasteiger partial charge is 0.486 e. The molecule has 0 aromatic carbocycles. The van der Waals surface area contributed by atoms with Gasteiger partial charge in [0.25, 0.3) is 0 Å². The molecule has 1 aliphatic rings. The SMILES string of the molecule is CN(CCCOCCOC/C=C/B1OC(C)(C)C(C)(C)O1)C(=O)O. The van der Waals surface area contributed by atoms with Gasteiger partial charge in [0.05, 0.1) is 31.0 Å². The third-order valence-electron chi connectivity index (χ3n) is 4.26. The lowest BCUT2D eigenvalue weighted by atomic mass is 9.90. The normalized spacial score (nSPS) is 19.1. The third-order valence-corrected chi connectivity index (χ3v) is 4.26. The Morgan fingerprint density at radius 2 is 1.71 bits per heavy atom. The van der Waals surface area contributed by atoms with Crippen LogP contribution in [0, 0.1) is 0 Å². The molecule has 1 aliphatic heterocycles. The number of amides is 1. The highest BCUT2D eigenvalue weighted by molar-refractivity contribution is 6.51. The number of carboxylic acid groups (broad SMARTS) is 1. The van der Waals surface area contributed by atoms with E-state index < -0.39 is 6.09 Å². The van der Waals surface area contributed by atoms with Crippen LogP contribution < -0.4 is 0 Å². The van der Waals surface area contributed by atoms with Crippen molar-refractivity contribution in [2.45, 2.75) is 45.3 Å². The van der Waals surface area contributed by atoms with E-state index in [-0.39, 0.29) is 18.3 Å². The zero-order valence-electron chi connectivity index (χ0n) is 15.4. The number of hydrogen-bond acceptors (Lipinski definition) is 5. The van der Waals surface area contributed by atoms with Crippen LogP contribution in [0.5, 0.6) is 0 Å². The van der Waals surface area contributed by atoms with Gasteiger partial charge in [-0.05, 0) is 34.1 Å². The van der Waals surface area contributed by atoms with Crippen LogP contribution in [0.25, 0.3) is 0 Å². The Morgan fingerprint density at radius 3 is 2.29 bits per heavy atom. The Morgan fingerprint density at radius 1 is 1.12 bits per heavy atom.